The minimum absolute atomic E-state index is 0.736. The molecular weight excluding hydrogens is 240 g/mol. The van der Waals surface area contributed by atoms with Crippen LogP contribution >= 0.6 is 0 Å². The summed E-state index contributed by atoms with van der Waals surface area (Å²) in [5.41, 5.74) is 2.01. The minimum Gasteiger partial charge on any atom is -0.496 e. The molecule has 1 saturated carbocycles. The first-order valence-electron chi connectivity index (χ1n) is 6.67. The van der Waals surface area contributed by atoms with E-state index in [-0.39, 0.29) is 0 Å². The van der Waals surface area contributed by atoms with Crippen LogP contribution in [0.5, 0.6) is 11.5 Å². The van der Waals surface area contributed by atoms with Crippen molar-refractivity contribution >= 4 is 0 Å². The number of nitrogens with one attached hydrogen (secondary N) is 1. The number of methoxy groups -OCH3 is 1. The third kappa shape index (κ3) is 2.57. The monoisotopic (exact) mass is 258 g/mol. The van der Waals surface area contributed by atoms with Crippen LogP contribution in [0.4, 0.5) is 0 Å². The van der Waals surface area contributed by atoms with Gasteiger partial charge < -0.3 is 9.47 Å². The largest absolute Gasteiger partial charge is 0.496 e. The van der Waals surface area contributed by atoms with Crippen molar-refractivity contribution in [2.24, 2.45) is 5.92 Å². The van der Waals surface area contributed by atoms with E-state index in [2.05, 4.69) is 10.2 Å². The van der Waals surface area contributed by atoms with E-state index in [0.717, 1.165) is 35.2 Å². The zero-order chi connectivity index (χ0) is 13.1. The van der Waals surface area contributed by atoms with Crippen LogP contribution in [0.2, 0.25) is 0 Å². The van der Waals surface area contributed by atoms with Crippen molar-refractivity contribution in [2.75, 3.05) is 13.7 Å². The summed E-state index contributed by atoms with van der Waals surface area (Å²) in [5.74, 6) is 2.46. The molecule has 0 aliphatic heterocycles. The van der Waals surface area contributed by atoms with Crippen LogP contribution in [0.25, 0.3) is 11.1 Å². The van der Waals surface area contributed by atoms with Gasteiger partial charge in [-0.3, -0.25) is 5.10 Å². The minimum atomic E-state index is 0.736. The van der Waals surface area contributed by atoms with Gasteiger partial charge in [0.2, 0.25) is 0 Å². The Bertz CT molecular complexity index is 533. The Labute approximate surface area is 112 Å². The lowest BCUT2D eigenvalue weighted by Crippen LogP contribution is -2.19. The summed E-state index contributed by atoms with van der Waals surface area (Å²) >= 11 is 0. The third-order valence-corrected chi connectivity index (χ3v) is 3.69. The topological polar surface area (TPSA) is 47.1 Å². The van der Waals surface area contributed by atoms with Gasteiger partial charge in [0.25, 0.3) is 0 Å². The van der Waals surface area contributed by atoms with Gasteiger partial charge in [0, 0.05) is 17.3 Å². The Morgan fingerprint density at radius 3 is 2.89 bits per heavy atom. The number of aromatic nitrogens is 2. The van der Waals surface area contributed by atoms with Crippen LogP contribution in [0.3, 0.4) is 0 Å². The smallest absolute Gasteiger partial charge is 0.127 e. The molecule has 19 heavy (non-hydrogen) atoms. The molecule has 1 aromatic carbocycles. The normalized spacial score (nSPS) is 15.0. The maximum Gasteiger partial charge on any atom is 0.127 e. The number of aromatic amines is 1. The average molecular weight is 258 g/mol. The van der Waals surface area contributed by atoms with Crippen LogP contribution in [-0.4, -0.2) is 23.9 Å². The second-order valence-electron chi connectivity index (χ2n) is 4.96. The Hall–Kier alpha value is -1.97. The predicted octanol–water partition coefficient (Wildman–Crippen LogP) is 3.26. The highest BCUT2D eigenvalue weighted by atomic mass is 16.5. The second-order valence-corrected chi connectivity index (χ2v) is 4.96. The van der Waals surface area contributed by atoms with Crippen LogP contribution in [0, 0.1) is 5.92 Å². The zero-order valence-electron chi connectivity index (χ0n) is 11.1. The lowest BCUT2D eigenvalue weighted by Gasteiger charge is -2.25. The summed E-state index contributed by atoms with van der Waals surface area (Å²) in [5, 5.41) is 6.80. The van der Waals surface area contributed by atoms with E-state index in [9.17, 15) is 0 Å². The van der Waals surface area contributed by atoms with E-state index in [4.69, 9.17) is 9.47 Å². The highest BCUT2D eigenvalue weighted by molar-refractivity contribution is 5.70. The van der Waals surface area contributed by atoms with Crippen molar-refractivity contribution < 1.29 is 9.47 Å². The quantitative estimate of drug-likeness (QED) is 0.895. The molecule has 0 radical (unpaired) electrons. The molecule has 1 aliphatic rings. The Balaban J connectivity index is 1.80. The first-order chi connectivity index (χ1) is 9.36. The molecule has 1 heterocycles. The Morgan fingerprint density at radius 1 is 1.37 bits per heavy atom. The van der Waals surface area contributed by atoms with Gasteiger partial charge in [0.1, 0.15) is 11.5 Å². The molecule has 4 nitrogen and oxygen atoms in total. The fraction of sp³-hybridized carbons (Fsp3) is 0.400. The number of hydrogen-bond donors (Lipinski definition) is 1. The third-order valence-electron chi connectivity index (χ3n) is 3.69. The summed E-state index contributed by atoms with van der Waals surface area (Å²) in [4.78, 5) is 0. The van der Waals surface area contributed by atoms with Crippen molar-refractivity contribution in [1.29, 1.82) is 0 Å². The van der Waals surface area contributed by atoms with Crippen LogP contribution < -0.4 is 9.47 Å². The predicted molar refractivity (Wildman–Crippen MR) is 73.4 cm³/mol. The van der Waals surface area contributed by atoms with Crippen molar-refractivity contribution in [3.63, 3.8) is 0 Å². The van der Waals surface area contributed by atoms with Crippen molar-refractivity contribution in [3.05, 3.63) is 30.6 Å². The van der Waals surface area contributed by atoms with Gasteiger partial charge in [0.15, 0.2) is 0 Å². The Morgan fingerprint density at radius 2 is 2.26 bits per heavy atom. The molecule has 0 unspecified atom stereocenters. The molecule has 0 atom stereocenters. The summed E-state index contributed by atoms with van der Waals surface area (Å²) in [6, 6.07) is 5.92. The summed E-state index contributed by atoms with van der Waals surface area (Å²) in [7, 11) is 1.67. The molecule has 4 heteroatoms. The molecule has 1 aromatic heterocycles. The lowest BCUT2D eigenvalue weighted by molar-refractivity contribution is 0.180. The van der Waals surface area contributed by atoms with Gasteiger partial charge in [-0.05, 0) is 37.0 Å². The van der Waals surface area contributed by atoms with E-state index >= 15 is 0 Å². The summed E-state index contributed by atoms with van der Waals surface area (Å²) in [6.45, 7) is 0.817. The number of ether oxygens (including phenoxy) is 2. The van der Waals surface area contributed by atoms with Crippen molar-refractivity contribution in [2.45, 2.75) is 19.3 Å². The number of hydrogen-bond acceptors (Lipinski definition) is 3. The molecule has 0 spiro atoms. The molecule has 0 saturated heterocycles. The fourth-order valence-electron chi connectivity index (χ4n) is 2.27. The van der Waals surface area contributed by atoms with Crippen molar-refractivity contribution in [1.82, 2.24) is 10.2 Å². The molecule has 2 aromatic rings. The zero-order valence-corrected chi connectivity index (χ0v) is 11.1. The van der Waals surface area contributed by atoms with Gasteiger partial charge in [-0.1, -0.05) is 6.42 Å². The molecule has 0 bridgehead atoms. The van der Waals surface area contributed by atoms with Gasteiger partial charge in [-0.15, -0.1) is 0 Å². The van der Waals surface area contributed by atoms with Crippen LogP contribution in [0.1, 0.15) is 19.3 Å². The van der Waals surface area contributed by atoms with Gasteiger partial charge >= 0.3 is 0 Å². The first-order valence-corrected chi connectivity index (χ1v) is 6.67. The van der Waals surface area contributed by atoms with E-state index < -0.39 is 0 Å². The van der Waals surface area contributed by atoms with Crippen molar-refractivity contribution in [3.8, 4) is 22.6 Å². The highest BCUT2D eigenvalue weighted by Gasteiger charge is 2.18. The van der Waals surface area contributed by atoms with Gasteiger partial charge in [-0.25, -0.2) is 0 Å². The molecule has 3 rings (SSSR count). The van der Waals surface area contributed by atoms with Crippen LogP contribution in [0.15, 0.2) is 30.6 Å². The molecule has 0 amide bonds. The van der Waals surface area contributed by atoms with Crippen LogP contribution in [-0.2, 0) is 0 Å². The molecule has 1 aliphatic carbocycles. The molecule has 100 valence electrons. The first kappa shape index (κ1) is 12.1. The number of benzene rings is 1. The van der Waals surface area contributed by atoms with E-state index in [0.29, 0.717) is 0 Å². The molecular formula is C15H18N2O2. The molecule has 1 fully saturated rings. The number of nitrogens with zero attached hydrogens (tertiary/aromatic N) is 1. The maximum absolute atomic E-state index is 5.86. The lowest BCUT2D eigenvalue weighted by atomic mass is 9.86. The molecule has 1 N–H and O–H groups in total. The standard InChI is InChI=1S/C15H18N2O2/c1-18-15-6-5-13(19-10-11-3-2-4-11)7-14(15)12-8-16-17-9-12/h5-9,11H,2-4,10H2,1H3,(H,16,17). The SMILES string of the molecule is COc1ccc(OCC2CCC2)cc1-c1cn[nH]c1. The van der Waals surface area contributed by atoms with E-state index in [1.807, 2.05) is 24.4 Å². The van der Waals surface area contributed by atoms with Gasteiger partial charge in [-0.2, -0.15) is 5.10 Å². The second kappa shape index (κ2) is 5.34. The van der Waals surface area contributed by atoms with Gasteiger partial charge in [0.05, 0.1) is 19.9 Å². The summed E-state index contributed by atoms with van der Waals surface area (Å²) < 4.78 is 11.2. The average Bonchev–Trinajstić information content (AvgIpc) is 2.90. The maximum atomic E-state index is 5.86. The van der Waals surface area contributed by atoms with E-state index in [1.165, 1.54) is 19.3 Å². The fourth-order valence-corrected chi connectivity index (χ4v) is 2.27. The number of rotatable bonds is 5. The number of H-pyrrole nitrogens is 1. The Kier molecular flexibility index (Phi) is 3.40. The summed E-state index contributed by atoms with van der Waals surface area (Å²) in [6.07, 6.45) is 7.58. The van der Waals surface area contributed by atoms with E-state index in [1.54, 1.807) is 13.3 Å². The highest BCUT2D eigenvalue weighted by Crippen LogP contribution is 2.34.